The van der Waals surface area contributed by atoms with E-state index in [2.05, 4.69) is 0 Å². The van der Waals surface area contributed by atoms with Gasteiger partial charge < -0.3 is 10.6 Å². The fraction of sp³-hybridized carbons (Fsp3) is 0.588. The molecule has 0 radical (unpaired) electrons. The lowest BCUT2D eigenvalue weighted by Crippen LogP contribution is -2.48. The number of hydrogen-bond donors (Lipinski definition) is 1. The zero-order valence-corrected chi connectivity index (χ0v) is 13.4. The molecule has 3 nitrogen and oxygen atoms in total. The molecule has 1 aromatic carbocycles. The van der Waals surface area contributed by atoms with Crippen molar-refractivity contribution in [3.63, 3.8) is 0 Å². The van der Waals surface area contributed by atoms with E-state index in [1.807, 2.05) is 6.92 Å². The van der Waals surface area contributed by atoms with Gasteiger partial charge in [-0.15, -0.1) is 0 Å². The van der Waals surface area contributed by atoms with Crippen molar-refractivity contribution in [1.29, 1.82) is 0 Å². The van der Waals surface area contributed by atoms with Crippen LogP contribution in [0.15, 0.2) is 24.3 Å². The van der Waals surface area contributed by atoms with E-state index in [1.165, 1.54) is 12.1 Å². The van der Waals surface area contributed by atoms with Crippen LogP contribution in [0.1, 0.15) is 50.2 Å². The molecule has 0 bridgehead atoms. The fourth-order valence-electron chi connectivity index (χ4n) is 3.25. The van der Waals surface area contributed by atoms with E-state index in [0.29, 0.717) is 6.54 Å². The van der Waals surface area contributed by atoms with Crippen LogP contribution >= 0.6 is 0 Å². The number of halogens is 3. The fourth-order valence-corrected chi connectivity index (χ4v) is 3.25. The van der Waals surface area contributed by atoms with Gasteiger partial charge in [-0.3, -0.25) is 4.79 Å². The number of carbonyl (C=O) groups is 1. The molecule has 0 aromatic heterocycles. The molecule has 0 saturated carbocycles. The molecular weight excluding hydrogens is 305 g/mol. The third-order valence-electron chi connectivity index (χ3n) is 4.51. The summed E-state index contributed by atoms with van der Waals surface area (Å²) in [6.07, 6.45) is -2.85. The van der Waals surface area contributed by atoms with E-state index in [-0.39, 0.29) is 30.0 Å². The lowest BCUT2D eigenvalue weighted by molar-refractivity contribution is -0.139. The Morgan fingerprint density at radius 3 is 2.65 bits per heavy atom. The largest absolute Gasteiger partial charge is 0.416 e. The summed E-state index contributed by atoms with van der Waals surface area (Å²) in [5.41, 5.74) is 5.40. The van der Waals surface area contributed by atoms with Crippen molar-refractivity contribution >= 4 is 5.91 Å². The minimum atomic E-state index is -4.40. The van der Waals surface area contributed by atoms with Gasteiger partial charge in [0.05, 0.1) is 5.56 Å². The van der Waals surface area contributed by atoms with E-state index in [1.54, 1.807) is 17.9 Å². The molecule has 0 aliphatic carbocycles. The molecule has 128 valence electrons. The van der Waals surface area contributed by atoms with E-state index in [4.69, 9.17) is 5.73 Å². The molecule has 1 aliphatic rings. The highest BCUT2D eigenvalue weighted by molar-refractivity contribution is 5.77. The number of hydrogen-bond acceptors (Lipinski definition) is 2. The van der Waals surface area contributed by atoms with E-state index < -0.39 is 17.7 Å². The van der Waals surface area contributed by atoms with Gasteiger partial charge in [-0.1, -0.05) is 25.1 Å². The van der Waals surface area contributed by atoms with Gasteiger partial charge in [0.25, 0.3) is 0 Å². The van der Waals surface area contributed by atoms with Crippen molar-refractivity contribution < 1.29 is 18.0 Å². The topological polar surface area (TPSA) is 46.3 Å². The lowest BCUT2D eigenvalue weighted by Gasteiger charge is -2.37. The molecule has 6 heteroatoms. The van der Waals surface area contributed by atoms with Gasteiger partial charge in [0, 0.05) is 25.0 Å². The minimum Gasteiger partial charge on any atom is -0.340 e. The zero-order chi connectivity index (χ0) is 17.2. The predicted octanol–water partition coefficient (Wildman–Crippen LogP) is 3.54. The SMILES string of the molecule is C[C@H](CC(=O)N1CC[C@H](N)C[C@@H]1C)c1ccccc1C(F)(F)F. The van der Waals surface area contributed by atoms with Crippen molar-refractivity contribution in [2.24, 2.45) is 5.73 Å². The van der Waals surface area contributed by atoms with Crippen LogP contribution in [-0.2, 0) is 11.0 Å². The first kappa shape index (κ1) is 17.8. The monoisotopic (exact) mass is 328 g/mol. The second kappa shape index (κ2) is 6.91. The van der Waals surface area contributed by atoms with Crippen LogP contribution in [0.5, 0.6) is 0 Å². The Labute approximate surface area is 134 Å². The summed E-state index contributed by atoms with van der Waals surface area (Å²) in [6, 6.07) is 5.60. The highest BCUT2D eigenvalue weighted by Gasteiger charge is 2.35. The number of likely N-dealkylation sites (tertiary alicyclic amines) is 1. The van der Waals surface area contributed by atoms with E-state index in [0.717, 1.165) is 18.9 Å². The van der Waals surface area contributed by atoms with Crippen LogP contribution in [0.3, 0.4) is 0 Å². The summed E-state index contributed by atoms with van der Waals surface area (Å²) in [7, 11) is 0. The average molecular weight is 328 g/mol. The van der Waals surface area contributed by atoms with Crippen LogP contribution in [0.4, 0.5) is 13.2 Å². The number of piperidine rings is 1. The highest BCUT2D eigenvalue weighted by atomic mass is 19.4. The third kappa shape index (κ3) is 4.25. The van der Waals surface area contributed by atoms with Crippen molar-refractivity contribution in [2.45, 2.75) is 57.3 Å². The predicted molar refractivity (Wildman–Crippen MR) is 82.9 cm³/mol. The molecule has 1 fully saturated rings. The number of amides is 1. The molecule has 23 heavy (non-hydrogen) atoms. The van der Waals surface area contributed by atoms with Crippen LogP contribution in [0.25, 0.3) is 0 Å². The smallest absolute Gasteiger partial charge is 0.340 e. The molecule has 0 unspecified atom stereocenters. The summed E-state index contributed by atoms with van der Waals surface area (Å²) in [5, 5.41) is 0. The van der Waals surface area contributed by atoms with Crippen molar-refractivity contribution in [3.05, 3.63) is 35.4 Å². The minimum absolute atomic E-state index is 0.0382. The van der Waals surface area contributed by atoms with Gasteiger partial charge in [-0.25, -0.2) is 0 Å². The second-order valence-electron chi connectivity index (χ2n) is 6.41. The summed E-state index contributed by atoms with van der Waals surface area (Å²) in [6.45, 7) is 4.18. The summed E-state index contributed by atoms with van der Waals surface area (Å²) >= 11 is 0. The lowest BCUT2D eigenvalue weighted by atomic mass is 9.91. The standard InChI is InChI=1S/C17H23F3N2O/c1-11(14-5-3-4-6-15(14)17(18,19)20)9-16(23)22-8-7-13(21)10-12(22)2/h3-6,11-13H,7-10,21H2,1-2H3/t11-,12+,13+/m1/s1. The van der Waals surface area contributed by atoms with Crippen LogP contribution in [0, 0.1) is 0 Å². The Balaban J connectivity index is 2.10. The molecular formula is C17H23F3N2O. The average Bonchev–Trinajstić information content (AvgIpc) is 2.46. The first-order chi connectivity index (χ1) is 10.7. The first-order valence-corrected chi connectivity index (χ1v) is 7.91. The molecule has 2 N–H and O–H groups in total. The molecule has 1 amide bonds. The normalized spacial score (nSPS) is 23.7. The maximum Gasteiger partial charge on any atom is 0.416 e. The Hall–Kier alpha value is -1.56. The molecule has 2 rings (SSSR count). The molecule has 1 saturated heterocycles. The van der Waals surface area contributed by atoms with E-state index >= 15 is 0 Å². The van der Waals surface area contributed by atoms with Crippen molar-refractivity contribution in [3.8, 4) is 0 Å². The van der Waals surface area contributed by atoms with Gasteiger partial charge in [0.1, 0.15) is 0 Å². The quantitative estimate of drug-likeness (QED) is 0.922. The van der Waals surface area contributed by atoms with Crippen LogP contribution in [-0.4, -0.2) is 29.4 Å². The van der Waals surface area contributed by atoms with Gasteiger partial charge in [0.15, 0.2) is 0 Å². The molecule has 1 aliphatic heterocycles. The summed E-state index contributed by atoms with van der Waals surface area (Å²) in [4.78, 5) is 14.2. The van der Waals surface area contributed by atoms with Crippen LogP contribution < -0.4 is 5.73 Å². The summed E-state index contributed by atoms with van der Waals surface area (Å²) < 4.78 is 39.3. The number of nitrogens with zero attached hydrogens (tertiary/aromatic N) is 1. The van der Waals surface area contributed by atoms with E-state index in [9.17, 15) is 18.0 Å². The molecule has 3 atom stereocenters. The van der Waals surface area contributed by atoms with Gasteiger partial charge in [-0.05, 0) is 37.3 Å². The van der Waals surface area contributed by atoms with Gasteiger partial charge in [-0.2, -0.15) is 13.2 Å². The third-order valence-corrected chi connectivity index (χ3v) is 4.51. The Bertz CT molecular complexity index is 559. The van der Waals surface area contributed by atoms with Crippen LogP contribution in [0.2, 0.25) is 0 Å². The Kier molecular flexibility index (Phi) is 5.34. The Morgan fingerprint density at radius 2 is 2.04 bits per heavy atom. The molecule has 0 spiro atoms. The Morgan fingerprint density at radius 1 is 1.39 bits per heavy atom. The maximum atomic E-state index is 13.1. The zero-order valence-electron chi connectivity index (χ0n) is 13.4. The second-order valence-corrected chi connectivity index (χ2v) is 6.41. The van der Waals surface area contributed by atoms with Crippen molar-refractivity contribution in [2.75, 3.05) is 6.54 Å². The number of nitrogens with two attached hydrogens (primary N) is 1. The van der Waals surface area contributed by atoms with Crippen molar-refractivity contribution in [1.82, 2.24) is 4.90 Å². The van der Waals surface area contributed by atoms with Gasteiger partial charge >= 0.3 is 6.18 Å². The number of benzene rings is 1. The first-order valence-electron chi connectivity index (χ1n) is 7.91. The number of alkyl halides is 3. The number of rotatable bonds is 3. The maximum absolute atomic E-state index is 13.1. The molecule has 1 aromatic rings. The summed E-state index contributed by atoms with van der Waals surface area (Å²) in [5.74, 6) is -0.586. The van der Waals surface area contributed by atoms with Gasteiger partial charge in [0.2, 0.25) is 5.91 Å². The highest BCUT2D eigenvalue weighted by Crippen LogP contribution is 2.36. The molecule has 1 heterocycles. The number of carbonyl (C=O) groups excluding carboxylic acids is 1.